The van der Waals surface area contributed by atoms with Crippen LogP contribution < -0.4 is 9.62 Å². The van der Waals surface area contributed by atoms with Crippen molar-refractivity contribution >= 4 is 27.5 Å². The summed E-state index contributed by atoms with van der Waals surface area (Å²) in [6.07, 6.45) is 2.72. The lowest BCUT2D eigenvalue weighted by atomic mass is 10.2. The van der Waals surface area contributed by atoms with Gasteiger partial charge in [0.15, 0.2) is 0 Å². The molecular weight excluding hydrogens is 382 g/mol. The van der Waals surface area contributed by atoms with E-state index in [0.717, 1.165) is 24.1 Å². The zero-order valence-electron chi connectivity index (χ0n) is 15.7. The summed E-state index contributed by atoms with van der Waals surface area (Å²) >= 11 is 0. The maximum Gasteiger partial charge on any atom is 0.240 e. The molecule has 152 valence electrons. The van der Waals surface area contributed by atoms with Gasteiger partial charge in [0.2, 0.25) is 21.8 Å². The number of hydrogen-bond acceptors (Lipinski definition) is 5. The van der Waals surface area contributed by atoms with E-state index in [0.29, 0.717) is 39.3 Å². The molecule has 9 heteroatoms. The molecule has 1 saturated heterocycles. The predicted molar refractivity (Wildman–Crippen MR) is 102 cm³/mol. The van der Waals surface area contributed by atoms with E-state index in [4.69, 9.17) is 4.74 Å². The second-order valence-corrected chi connectivity index (χ2v) is 9.19. The normalized spacial score (nSPS) is 19.6. The lowest BCUT2D eigenvalue weighted by Crippen LogP contribution is -2.41. The minimum Gasteiger partial charge on any atom is -0.378 e. The quantitative estimate of drug-likeness (QED) is 0.747. The van der Waals surface area contributed by atoms with Gasteiger partial charge in [-0.15, -0.1) is 0 Å². The van der Waals surface area contributed by atoms with Crippen molar-refractivity contribution in [1.82, 2.24) is 9.62 Å². The molecule has 0 radical (unpaired) electrons. The third-order valence-corrected chi connectivity index (χ3v) is 6.89. The summed E-state index contributed by atoms with van der Waals surface area (Å²) in [6, 6.07) is 4.96. The Morgan fingerprint density at radius 3 is 2.50 bits per heavy atom. The van der Waals surface area contributed by atoms with E-state index in [1.165, 1.54) is 0 Å². The largest absolute Gasteiger partial charge is 0.378 e. The van der Waals surface area contributed by atoms with Crippen LogP contribution in [0.1, 0.15) is 31.2 Å². The first-order valence-electron chi connectivity index (χ1n) is 9.75. The first-order chi connectivity index (χ1) is 13.4. The molecule has 1 aromatic carbocycles. The van der Waals surface area contributed by atoms with E-state index in [2.05, 4.69) is 4.72 Å². The molecule has 28 heavy (non-hydrogen) atoms. The second-order valence-electron chi connectivity index (χ2n) is 7.47. The highest BCUT2D eigenvalue weighted by atomic mass is 32.2. The van der Waals surface area contributed by atoms with Crippen molar-refractivity contribution < 1.29 is 22.7 Å². The molecule has 2 aliphatic heterocycles. The van der Waals surface area contributed by atoms with Crippen molar-refractivity contribution in [1.29, 1.82) is 0 Å². The van der Waals surface area contributed by atoms with Gasteiger partial charge in [0.05, 0.1) is 18.1 Å². The van der Waals surface area contributed by atoms with Crippen molar-refractivity contribution in [3.05, 3.63) is 23.8 Å². The Morgan fingerprint density at radius 2 is 1.79 bits per heavy atom. The molecule has 8 nitrogen and oxygen atoms in total. The van der Waals surface area contributed by atoms with Crippen LogP contribution in [0.2, 0.25) is 0 Å². The van der Waals surface area contributed by atoms with Crippen molar-refractivity contribution in [2.24, 2.45) is 0 Å². The Labute approximate surface area is 164 Å². The average Bonchev–Trinajstić information content (AvgIpc) is 3.40. The summed E-state index contributed by atoms with van der Waals surface area (Å²) < 4.78 is 32.7. The van der Waals surface area contributed by atoms with Crippen LogP contribution in [0.25, 0.3) is 0 Å². The average molecular weight is 407 g/mol. The van der Waals surface area contributed by atoms with E-state index >= 15 is 0 Å². The molecule has 0 atom stereocenters. The third kappa shape index (κ3) is 4.21. The fourth-order valence-electron chi connectivity index (χ4n) is 3.61. The summed E-state index contributed by atoms with van der Waals surface area (Å²) in [5, 5.41) is 0. The van der Waals surface area contributed by atoms with Gasteiger partial charge in [-0.25, -0.2) is 13.1 Å². The standard InChI is InChI=1S/C19H25N3O5S/c23-18(21-9-11-27-12-10-21)5-6-19(24)22-8-7-14-13-16(3-4-17(14)22)28(25,26)20-15-1-2-15/h3-4,13,15,20H,1-2,5-12H2. The number of morpholine rings is 1. The molecule has 0 unspecified atom stereocenters. The van der Waals surface area contributed by atoms with E-state index in [1.807, 2.05) is 0 Å². The van der Waals surface area contributed by atoms with Crippen LogP contribution in [0, 0.1) is 0 Å². The molecule has 2 fully saturated rings. The minimum atomic E-state index is -3.50. The minimum absolute atomic E-state index is 0.0244. The molecule has 3 aliphatic rings. The summed E-state index contributed by atoms with van der Waals surface area (Å²) in [4.78, 5) is 28.5. The summed E-state index contributed by atoms with van der Waals surface area (Å²) in [7, 11) is -3.50. The van der Waals surface area contributed by atoms with E-state index < -0.39 is 10.0 Å². The number of carbonyl (C=O) groups is 2. The number of carbonyl (C=O) groups excluding carboxylic acids is 2. The highest BCUT2D eigenvalue weighted by Gasteiger charge is 2.30. The maximum atomic E-state index is 12.6. The number of nitrogens with one attached hydrogen (secondary N) is 1. The topological polar surface area (TPSA) is 96.0 Å². The number of hydrogen-bond donors (Lipinski definition) is 1. The summed E-state index contributed by atoms with van der Waals surface area (Å²) in [6.45, 7) is 2.75. The van der Waals surface area contributed by atoms with E-state index in [9.17, 15) is 18.0 Å². The molecule has 1 aromatic rings. The number of sulfonamides is 1. The number of rotatable bonds is 6. The van der Waals surface area contributed by atoms with E-state index in [1.54, 1.807) is 28.0 Å². The number of benzene rings is 1. The highest BCUT2D eigenvalue weighted by molar-refractivity contribution is 7.89. The first kappa shape index (κ1) is 19.4. The Morgan fingerprint density at radius 1 is 1.07 bits per heavy atom. The Kier molecular flexibility index (Phi) is 5.39. The maximum absolute atomic E-state index is 12.6. The van der Waals surface area contributed by atoms with Gasteiger partial charge in [-0.2, -0.15) is 0 Å². The van der Waals surface area contributed by atoms with Crippen LogP contribution in [-0.2, 0) is 30.8 Å². The van der Waals surface area contributed by atoms with Gasteiger partial charge < -0.3 is 14.5 Å². The van der Waals surface area contributed by atoms with Crippen LogP contribution in [0.3, 0.4) is 0 Å². The third-order valence-electron chi connectivity index (χ3n) is 5.37. The van der Waals surface area contributed by atoms with Crippen LogP contribution in [-0.4, -0.2) is 64.0 Å². The zero-order chi connectivity index (χ0) is 19.7. The second kappa shape index (κ2) is 7.81. The molecule has 0 spiro atoms. The highest BCUT2D eigenvalue weighted by Crippen LogP contribution is 2.31. The van der Waals surface area contributed by atoms with Crippen molar-refractivity contribution in [2.45, 2.75) is 43.0 Å². The van der Waals surface area contributed by atoms with Crippen molar-refractivity contribution in [3.63, 3.8) is 0 Å². The molecule has 1 N–H and O–H groups in total. The van der Waals surface area contributed by atoms with Crippen molar-refractivity contribution in [2.75, 3.05) is 37.7 Å². The number of anilines is 1. The van der Waals surface area contributed by atoms with Gasteiger partial charge in [-0.3, -0.25) is 9.59 Å². The summed E-state index contributed by atoms with van der Waals surface area (Å²) in [5.41, 5.74) is 1.60. The first-order valence-corrected chi connectivity index (χ1v) is 11.2. The molecule has 2 heterocycles. The molecule has 0 bridgehead atoms. The lowest BCUT2D eigenvalue weighted by Gasteiger charge is -2.27. The Balaban J connectivity index is 1.38. The molecule has 1 saturated carbocycles. The van der Waals surface area contributed by atoms with E-state index in [-0.39, 0.29) is 35.6 Å². The van der Waals surface area contributed by atoms with Gasteiger partial charge >= 0.3 is 0 Å². The van der Waals surface area contributed by atoms with Gasteiger partial charge in [-0.1, -0.05) is 0 Å². The monoisotopic (exact) mass is 407 g/mol. The number of amides is 2. The lowest BCUT2D eigenvalue weighted by molar-refractivity contribution is -0.136. The fraction of sp³-hybridized carbons (Fsp3) is 0.579. The zero-order valence-corrected chi connectivity index (χ0v) is 16.5. The molecule has 4 rings (SSSR count). The molecule has 0 aromatic heterocycles. The smallest absolute Gasteiger partial charge is 0.240 e. The van der Waals surface area contributed by atoms with Crippen molar-refractivity contribution in [3.8, 4) is 0 Å². The Bertz CT molecular complexity index is 876. The predicted octanol–water partition coefficient (Wildman–Crippen LogP) is 0.655. The number of fused-ring (bicyclic) bond motifs is 1. The summed E-state index contributed by atoms with van der Waals surface area (Å²) in [5.74, 6) is -0.129. The SMILES string of the molecule is O=C(CCC(=O)N1CCc2cc(S(=O)(=O)NC3CC3)ccc21)N1CCOCC1. The van der Waals surface area contributed by atoms with Crippen LogP contribution in [0.15, 0.2) is 23.1 Å². The number of ether oxygens (including phenoxy) is 1. The van der Waals surface area contributed by atoms with Crippen LogP contribution in [0.5, 0.6) is 0 Å². The molecule has 1 aliphatic carbocycles. The van der Waals surface area contributed by atoms with Crippen LogP contribution in [0.4, 0.5) is 5.69 Å². The van der Waals surface area contributed by atoms with Gasteiger partial charge in [0, 0.05) is 44.2 Å². The molecule has 2 amide bonds. The van der Waals surface area contributed by atoms with Crippen LogP contribution >= 0.6 is 0 Å². The fourth-order valence-corrected chi connectivity index (χ4v) is 4.97. The van der Waals surface area contributed by atoms with Gasteiger partial charge in [-0.05, 0) is 43.0 Å². The molecular formula is C19H25N3O5S. The number of nitrogens with zero attached hydrogens (tertiary/aromatic N) is 2. The van der Waals surface area contributed by atoms with Gasteiger partial charge in [0.25, 0.3) is 0 Å². The van der Waals surface area contributed by atoms with Gasteiger partial charge in [0.1, 0.15) is 0 Å². The Hall–Kier alpha value is -1.97.